The van der Waals surface area contributed by atoms with Gasteiger partial charge >= 0.3 is 0 Å². The quantitative estimate of drug-likeness (QED) is 0.779. The Morgan fingerprint density at radius 3 is 2.62 bits per heavy atom. The fraction of sp³-hybridized carbons (Fsp3) is 0.235. The van der Waals surface area contributed by atoms with E-state index in [1.54, 1.807) is 0 Å². The summed E-state index contributed by atoms with van der Waals surface area (Å²) in [6, 6.07) is 16.0. The first kappa shape index (κ1) is 15.7. The molecule has 0 unspecified atom stereocenters. The number of carbonyl (C=O) groups excluding carboxylic acids is 1. The highest BCUT2D eigenvalue weighted by Gasteiger charge is 2.05. The maximum atomic E-state index is 11.9. The monoisotopic (exact) mass is 346 g/mol. The second-order valence-corrected chi connectivity index (χ2v) is 5.80. The molecule has 21 heavy (non-hydrogen) atoms. The van der Waals surface area contributed by atoms with Gasteiger partial charge in [0.05, 0.1) is 5.69 Å². The van der Waals surface area contributed by atoms with Gasteiger partial charge in [0.15, 0.2) is 0 Å². The van der Waals surface area contributed by atoms with E-state index < -0.39 is 0 Å². The Morgan fingerprint density at radius 2 is 1.90 bits per heavy atom. The molecule has 0 saturated heterocycles. The minimum Gasteiger partial charge on any atom is -0.325 e. The summed E-state index contributed by atoms with van der Waals surface area (Å²) in [6.07, 6.45) is 0.452. The highest BCUT2D eigenvalue weighted by Crippen LogP contribution is 2.23. The average molecular weight is 347 g/mol. The van der Waals surface area contributed by atoms with E-state index in [0.717, 1.165) is 22.3 Å². The van der Waals surface area contributed by atoms with Gasteiger partial charge in [0.25, 0.3) is 0 Å². The number of rotatable bonds is 6. The van der Waals surface area contributed by atoms with E-state index in [0.29, 0.717) is 13.0 Å². The van der Waals surface area contributed by atoms with E-state index in [9.17, 15) is 4.79 Å². The van der Waals surface area contributed by atoms with Crippen LogP contribution in [-0.4, -0.2) is 12.5 Å². The lowest BCUT2D eigenvalue weighted by atomic mass is 10.2. The van der Waals surface area contributed by atoms with Crippen LogP contribution in [0.2, 0.25) is 0 Å². The van der Waals surface area contributed by atoms with Crippen molar-refractivity contribution in [3.63, 3.8) is 0 Å². The van der Waals surface area contributed by atoms with Gasteiger partial charge in [0, 0.05) is 24.0 Å². The highest BCUT2D eigenvalue weighted by atomic mass is 79.9. The Kier molecular flexibility index (Phi) is 5.96. The maximum Gasteiger partial charge on any atom is 0.225 e. The van der Waals surface area contributed by atoms with Crippen molar-refractivity contribution in [2.75, 3.05) is 11.9 Å². The van der Waals surface area contributed by atoms with Crippen LogP contribution in [0.1, 0.15) is 17.5 Å². The van der Waals surface area contributed by atoms with E-state index in [4.69, 9.17) is 0 Å². The predicted molar refractivity (Wildman–Crippen MR) is 90.3 cm³/mol. The van der Waals surface area contributed by atoms with Crippen LogP contribution < -0.4 is 10.6 Å². The van der Waals surface area contributed by atoms with Gasteiger partial charge in [-0.25, -0.2) is 0 Å². The molecule has 0 spiro atoms. The third-order valence-corrected chi connectivity index (χ3v) is 3.76. The number of anilines is 1. The van der Waals surface area contributed by atoms with Crippen molar-refractivity contribution < 1.29 is 4.79 Å². The molecule has 0 aliphatic carbocycles. The van der Waals surface area contributed by atoms with Gasteiger partial charge in [-0.15, -0.1) is 0 Å². The fourth-order valence-electron chi connectivity index (χ4n) is 1.96. The zero-order chi connectivity index (χ0) is 15.1. The summed E-state index contributed by atoms with van der Waals surface area (Å²) in [7, 11) is 0. The van der Waals surface area contributed by atoms with Crippen LogP contribution in [0.15, 0.2) is 53.0 Å². The standard InChI is InChI=1S/C17H19BrN2O/c1-13-7-8-16(15(18)11-13)20-17(21)9-10-19-12-14-5-3-2-4-6-14/h2-8,11,19H,9-10,12H2,1H3,(H,20,21). The van der Waals surface area contributed by atoms with E-state index >= 15 is 0 Å². The number of hydrogen-bond acceptors (Lipinski definition) is 2. The summed E-state index contributed by atoms with van der Waals surface area (Å²) in [4.78, 5) is 11.9. The van der Waals surface area contributed by atoms with E-state index in [-0.39, 0.29) is 5.91 Å². The molecule has 0 radical (unpaired) electrons. The Labute approximate surface area is 133 Å². The van der Waals surface area contributed by atoms with Crippen LogP contribution in [0, 0.1) is 6.92 Å². The zero-order valence-corrected chi connectivity index (χ0v) is 13.6. The molecule has 2 aromatic carbocycles. The minimum absolute atomic E-state index is 0.0140. The van der Waals surface area contributed by atoms with E-state index in [1.165, 1.54) is 5.56 Å². The lowest BCUT2D eigenvalue weighted by Gasteiger charge is -2.09. The Bertz CT molecular complexity index is 599. The summed E-state index contributed by atoms with van der Waals surface area (Å²) < 4.78 is 0.910. The molecule has 1 amide bonds. The summed E-state index contributed by atoms with van der Waals surface area (Å²) >= 11 is 3.46. The van der Waals surface area contributed by atoms with Crippen LogP contribution in [0.4, 0.5) is 5.69 Å². The van der Waals surface area contributed by atoms with Crippen LogP contribution in [0.25, 0.3) is 0 Å². The van der Waals surface area contributed by atoms with Crippen molar-refractivity contribution >= 4 is 27.5 Å². The Morgan fingerprint density at radius 1 is 1.14 bits per heavy atom. The van der Waals surface area contributed by atoms with E-state index in [1.807, 2.05) is 43.3 Å². The fourth-order valence-corrected chi connectivity index (χ4v) is 2.56. The number of amides is 1. The molecule has 0 heterocycles. The van der Waals surface area contributed by atoms with Gasteiger partial charge in [-0.1, -0.05) is 36.4 Å². The molecular weight excluding hydrogens is 328 g/mol. The van der Waals surface area contributed by atoms with E-state index in [2.05, 4.69) is 38.7 Å². The Hall–Kier alpha value is -1.65. The Balaban J connectivity index is 1.72. The predicted octanol–water partition coefficient (Wildman–Crippen LogP) is 3.88. The number of halogens is 1. The lowest BCUT2D eigenvalue weighted by molar-refractivity contribution is -0.116. The molecule has 3 nitrogen and oxygen atoms in total. The molecule has 2 aromatic rings. The lowest BCUT2D eigenvalue weighted by Crippen LogP contribution is -2.21. The first-order valence-corrected chi connectivity index (χ1v) is 7.75. The van der Waals surface area contributed by atoms with Crippen molar-refractivity contribution in [3.8, 4) is 0 Å². The van der Waals surface area contributed by atoms with Gasteiger partial charge in [-0.3, -0.25) is 4.79 Å². The largest absolute Gasteiger partial charge is 0.325 e. The van der Waals surface area contributed by atoms with Gasteiger partial charge in [0.2, 0.25) is 5.91 Å². The average Bonchev–Trinajstić information content (AvgIpc) is 2.48. The molecule has 0 saturated carbocycles. The van der Waals surface area contributed by atoms with Crippen LogP contribution >= 0.6 is 15.9 Å². The van der Waals surface area contributed by atoms with Crippen molar-refractivity contribution in [3.05, 3.63) is 64.1 Å². The molecule has 2 N–H and O–H groups in total. The van der Waals surface area contributed by atoms with Crippen molar-refractivity contribution in [2.45, 2.75) is 19.9 Å². The van der Waals surface area contributed by atoms with Gasteiger partial charge in [-0.05, 0) is 46.1 Å². The number of nitrogens with one attached hydrogen (secondary N) is 2. The second-order valence-electron chi connectivity index (χ2n) is 4.94. The second kappa shape index (κ2) is 7.96. The van der Waals surface area contributed by atoms with Crippen molar-refractivity contribution in [1.82, 2.24) is 5.32 Å². The smallest absolute Gasteiger partial charge is 0.225 e. The third-order valence-electron chi connectivity index (χ3n) is 3.10. The molecule has 0 aliphatic heterocycles. The molecule has 0 fully saturated rings. The number of benzene rings is 2. The van der Waals surface area contributed by atoms with Crippen molar-refractivity contribution in [1.29, 1.82) is 0 Å². The summed E-state index contributed by atoms with van der Waals surface area (Å²) in [5.74, 6) is 0.0140. The summed E-state index contributed by atoms with van der Waals surface area (Å²) in [5.41, 5.74) is 3.19. The topological polar surface area (TPSA) is 41.1 Å². The van der Waals surface area contributed by atoms with Gasteiger partial charge in [0.1, 0.15) is 0 Å². The van der Waals surface area contributed by atoms with Gasteiger partial charge in [-0.2, -0.15) is 0 Å². The first-order chi connectivity index (χ1) is 10.1. The molecule has 0 aromatic heterocycles. The van der Waals surface area contributed by atoms with Crippen LogP contribution in [-0.2, 0) is 11.3 Å². The third kappa shape index (κ3) is 5.33. The minimum atomic E-state index is 0.0140. The molecule has 0 aliphatic rings. The summed E-state index contributed by atoms with van der Waals surface area (Å²) in [6.45, 7) is 3.45. The maximum absolute atomic E-state index is 11.9. The summed E-state index contributed by atoms with van der Waals surface area (Å²) in [5, 5.41) is 6.18. The molecular formula is C17H19BrN2O. The van der Waals surface area contributed by atoms with Crippen LogP contribution in [0.5, 0.6) is 0 Å². The van der Waals surface area contributed by atoms with Crippen LogP contribution in [0.3, 0.4) is 0 Å². The van der Waals surface area contributed by atoms with Gasteiger partial charge < -0.3 is 10.6 Å². The molecule has 2 rings (SSSR count). The zero-order valence-electron chi connectivity index (χ0n) is 12.0. The molecule has 0 atom stereocenters. The molecule has 4 heteroatoms. The SMILES string of the molecule is Cc1ccc(NC(=O)CCNCc2ccccc2)c(Br)c1. The number of carbonyl (C=O) groups is 1. The van der Waals surface area contributed by atoms with Crippen molar-refractivity contribution in [2.24, 2.45) is 0 Å². The molecule has 0 bridgehead atoms. The highest BCUT2D eigenvalue weighted by molar-refractivity contribution is 9.10. The normalized spacial score (nSPS) is 10.4. The number of aryl methyl sites for hydroxylation is 1. The molecule has 110 valence electrons. The number of hydrogen-bond donors (Lipinski definition) is 2. The first-order valence-electron chi connectivity index (χ1n) is 6.96.